The number of hydrogen-bond donors (Lipinski definition) is 12. The maximum absolute atomic E-state index is 12.1. The molecule has 3 unspecified atom stereocenters. The molecule has 0 saturated carbocycles. The van der Waals surface area contributed by atoms with Gasteiger partial charge < -0.3 is 90.3 Å². The fourth-order valence-corrected chi connectivity index (χ4v) is 6.78. The number of hydrogen-bond acceptors (Lipinski definition) is 18. The summed E-state index contributed by atoms with van der Waals surface area (Å²) in [4.78, 5) is 36.2. The molecular formula is C32H57N3O18. The van der Waals surface area contributed by atoms with Crippen LogP contribution >= 0.6 is 0 Å². The van der Waals surface area contributed by atoms with Crippen molar-refractivity contribution in [2.24, 2.45) is 11.3 Å². The van der Waals surface area contributed by atoms with E-state index in [1.54, 1.807) is 0 Å². The van der Waals surface area contributed by atoms with E-state index in [4.69, 9.17) is 28.4 Å². The van der Waals surface area contributed by atoms with Gasteiger partial charge in [0.2, 0.25) is 17.7 Å². The number of carbonyl (C=O) groups excluding carboxylic acids is 3. The van der Waals surface area contributed by atoms with Gasteiger partial charge in [-0.05, 0) is 12.3 Å². The number of carbonyl (C=O) groups is 3. The van der Waals surface area contributed by atoms with Gasteiger partial charge in [-0.1, -0.05) is 13.8 Å². The lowest BCUT2D eigenvalue weighted by Gasteiger charge is -2.46. The second kappa shape index (κ2) is 20.1. The summed E-state index contributed by atoms with van der Waals surface area (Å²) < 4.78 is 35.8. The summed E-state index contributed by atoms with van der Waals surface area (Å²) in [6, 6.07) is -3.99. The molecule has 3 heterocycles. The van der Waals surface area contributed by atoms with Crippen LogP contribution in [0.1, 0.15) is 41.0 Å². The third-order valence-corrected chi connectivity index (χ3v) is 9.25. The van der Waals surface area contributed by atoms with E-state index in [1.807, 2.05) is 13.8 Å². The highest BCUT2D eigenvalue weighted by Crippen LogP contribution is 2.35. The highest BCUT2D eigenvalue weighted by atomic mass is 16.7. The first-order valence-corrected chi connectivity index (χ1v) is 17.4. The topological polar surface area (TPSA) is 325 Å². The maximum Gasteiger partial charge on any atom is 0.217 e. The van der Waals surface area contributed by atoms with Crippen LogP contribution in [0, 0.1) is 11.3 Å². The summed E-state index contributed by atoms with van der Waals surface area (Å²) in [7, 11) is 0. The van der Waals surface area contributed by atoms with Gasteiger partial charge in [-0.2, -0.15) is 0 Å². The summed E-state index contributed by atoms with van der Waals surface area (Å²) in [5.41, 5.74) is -1.35. The predicted molar refractivity (Wildman–Crippen MR) is 176 cm³/mol. The molecule has 15 atom stereocenters. The van der Waals surface area contributed by atoms with Crippen molar-refractivity contribution in [3.8, 4) is 0 Å². The van der Waals surface area contributed by atoms with Crippen LogP contribution in [0.15, 0.2) is 0 Å². The Balaban J connectivity index is 2.03. The van der Waals surface area contributed by atoms with Crippen molar-refractivity contribution in [3.05, 3.63) is 0 Å². The van der Waals surface area contributed by atoms with Crippen molar-refractivity contribution >= 4 is 17.7 Å². The highest BCUT2D eigenvalue weighted by Gasteiger charge is 2.50. The third-order valence-electron chi connectivity index (χ3n) is 9.25. The smallest absolute Gasteiger partial charge is 0.217 e. The normalized spacial score (nSPS) is 38.9. The standard InChI is InChI=1S/C32H57N3O18/c1-13(2)6-32(10-48-29-20(33-14(3)39)26(45)23(42)17(7-36)51-29,11-49-30-21(34-15(4)40)27(46)24(43)18(8-37)52-30)12-50-31-22(35-16(5)41)28(47)25(44)19(9-38)53-31/h13,17-31,36-38,42-47H,6-12H2,1-5H3,(H,33,39)(H,34,40)(H,35,41)/t17-,18-,19-,20-,21-,22-,23+,24+,25+,26-,27-,28-,29?,30?,31?,32?/m1/s1. The lowest BCUT2D eigenvalue weighted by molar-refractivity contribution is -0.305. The minimum atomic E-state index is -1.64. The average Bonchev–Trinajstić information content (AvgIpc) is 3.09. The van der Waals surface area contributed by atoms with Crippen LogP contribution in [-0.4, -0.2) is 195 Å². The van der Waals surface area contributed by atoms with E-state index in [0.717, 1.165) is 0 Å². The van der Waals surface area contributed by atoms with Crippen LogP contribution in [0.25, 0.3) is 0 Å². The molecule has 308 valence electrons. The van der Waals surface area contributed by atoms with Gasteiger partial charge in [-0.25, -0.2) is 0 Å². The Bertz CT molecular complexity index is 1050. The first-order valence-electron chi connectivity index (χ1n) is 17.4. The molecule has 0 aromatic heterocycles. The number of aliphatic hydroxyl groups is 9. The van der Waals surface area contributed by atoms with Crippen molar-refractivity contribution in [2.75, 3.05) is 39.6 Å². The minimum absolute atomic E-state index is 0.172. The van der Waals surface area contributed by atoms with E-state index in [2.05, 4.69) is 16.0 Å². The quantitative estimate of drug-likeness (QED) is 0.0655. The molecule has 3 aliphatic heterocycles. The molecule has 0 spiro atoms. The van der Waals surface area contributed by atoms with Crippen LogP contribution in [0.4, 0.5) is 0 Å². The van der Waals surface area contributed by atoms with E-state index in [9.17, 15) is 60.3 Å². The van der Waals surface area contributed by atoms with Crippen molar-refractivity contribution in [3.63, 3.8) is 0 Å². The first kappa shape index (κ1) is 45.2. The van der Waals surface area contributed by atoms with E-state index in [-0.39, 0.29) is 12.3 Å². The summed E-state index contributed by atoms with van der Waals surface area (Å²) >= 11 is 0. The number of nitrogens with one attached hydrogen (secondary N) is 3. The molecule has 0 aromatic carbocycles. The monoisotopic (exact) mass is 771 g/mol. The Kier molecular flexibility index (Phi) is 17.2. The van der Waals surface area contributed by atoms with Crippen molar-refractivity contribution in [1.82, 2.24) is 16.0 Å². The Morgan fingerprint density at radius 2 is 0.811 bits per heavy atom. The molecule has 21 nitrogen and oxygen atoms in total. The zero-order chi connectivity index (χ0) is 39.8. The van der Waals surface area contributed by atoms with Gasteiger partial charge in [0, 0.05) is 26.2 Å². The fraction of sp³-hybridized carbons (Fsp3) is 0.906. The average molecular weight is 772 g/mol. The predicted octanol–water partition coefficient (Wildman–Crippen LogP) is -6.10. The van der Waals surface area contributed by atoms with Crippen molar-refractivity contribution < 1.29 is 88.8 Å². The Labute approximate surface area is 306 Å². The van der Waals surface area contributed by atoms with E-state index < -0.39 is 155 Å². The van der Waals surface area contributed by atoms with Crippen LogP contribution in [0.3, 0.4) is 0 Å². The molecule has 0 bridgehead atoms. The Morgan fingerprint density at radius 1 is 0.547 bits per heavy atom. The molecule has 12 N–H and O–H groups in total. The third kappa shape index (κ3) is 11.7. The van der Waals surface area contributed by atoms with Crippen molar-refractivity contribution in [2.45, 2.75) is 133 Å². The van der Waals surface area contributed by atoms with Gasteiger partial charge in [-0.15, -0.1) is 0 Å². The zero-order valence-corrected chi connectivity index (χ0v) is 30.4. The summed E-state index contributed by atoms with van der Waals surface area (Å²) in [6.45, 7) is 3.83. The molecule has 0 radical (unpaired) electrons. The summed E-state index contributed by atoms with van der Waals surface area (Å²) in [5.74, 6) is -1.97. The van der Waals surface area contributed by atoms with Crippen LogP contribution in [-0.2, 0) is 42.8 Å². The molecule has 3 rings (SSSR count). The maximum atomic E-state index is 12.1. The molecule has 3 saturated heterocycles. The number of ether oxygens (including phenoxy) is 6. The van der Waals surface area contributed by atoms with Crippen LogP contribution in [0.5, 0.6) is 0 Å². The second-order valence-electron chi connectivity index (χ2n) is 14.3. The molecule has 3 amide bonds. The SMILES string of the molecule is CC(=O)N[C@H]1C(OCC(COC2O[C@H](CO)[C@H](O)[C@H](O)[C@H]2NC(C)=O)(COC2O[C@H](CO)[C@H](O)[C@H](O)[C@H]2NC(C)=O)CC(C)C)O[C@H](CO)[C@H](O)[C@@H]1O. The van der Waals surface area contributed by atoms with E-state index in [1.165, 1.54) is 20.8 Å². The molecule has 0 aliphatic carbocycles. The van der Waals surface area contributed by atoms with Gasteiger partial charge >= 0.3 is 0 Å². The highest BCUT2D eigenvalue weighted by molar-refractivity contribution is 5.74. The fourth-order valence-electron chi connectivity index (χ4n) is 6.78. The van der Waals surface area contributed by atoms with Gasteiger partial charge in [0.05, 0.1) is 39.6 Å². The Hall–Kier alpha value is -2.19. The number of aliphatic hydroxyl groups excluding tert-OH is 9. The van der Waals surface area contributed by atoms with E-state index in [0.29, 0.717) is 0 Å². The van der Waals surface area contributed by atoms with Gasteiger partial charge in [0.25, 0.3) is 0 Å². The molecule has 21 heteroatoms. The van der Waals surface area contributed by atoms with Gasteiger partial charge in [-0.3, -0.25) is 14.4 Å². The number of rotatable bonds is 17. The molecular weight excluding hydrogens is 714 g/mol. The zero-order valence-electron chi connectivity index (χ0n) is 30.4. The second-order valence-corrected chi connectivity index (χ2v) is 14.3. The lowest BCUT2D eigenvalue weighted by atomic mass is 9.81. The lowest BCUT2D eigenvalue weighted by Crippen LogP contribution is -2.66. The first-order chi connectivity index (χ1) is 24.9. The van der Waals surface area contributed by atoms with Gasteiger partial charge in [0.1, 0.15) is 73.1 Å². The Morgan fingerprint density at radius 3 is 1.02 bits per heavy atom. The minimum Gasteiger partial charge on any atom is -0.394 e. The number of amides is 3. The largest absolute Gasteiger partial charge is 0.394 e. The molecule has 3 fully saturated rings. The van der Waals surface area contributed by atoms with E-state index >= 15 is 0 Å². The molecule has 0 aromatic rings. The van der Waals surface area contributed by atoms with Gasteiger partial charge in [0.15, 0.2) is 18.9 Å². The van der Waals surface area contributed by atoms with Crippen molar-refractivity contribution in [1.29, 1.82) is 0 Å². The van der Waals surface area contributed by atoms with Crippen LogP contribution in [0.2, 0.25) is 0 Å². The van der Waals surface area contributed by atoms with Crippen LogP contribution < -0.4 is 16.0 Å². The summed E-state index contributed by atoms with van der Waals surface area (Å²) in [6.07, 6.45) is -17.9. The molecule has 53 heavy (non-hydrogen) atoms. The summed E-state index contributed by atoms with van der Waals surface area (Å²) in [5, 5.41) is 101. The molecule has 3 aliphatic rings.